The lowest BCUT2D eigenvalue weighted by Gasteiger charge is -2.14. The Morgan fingerprint density at radius 2 is 2.12 bits per heavy atom. The average Bonchev–Trinajstić information content (AvgIpc) is 2.23. The number of ketones is 1. The van der Waals surface area contributed by atoms with E-state index >= 15 is 0 Å². The van der Waals surface area contributed by atoms with Gasteiger partial charge in [-0.1, -0.05) is 11.6 Å². The van der Waals surface area contributed by atoms with Crippen LogP contribution in [-0.4, -0.2) is 19.5 Å². The van der Waals surface area contributed by atoms with Gasteiger partial charge in [0.1, 0.15) is 5.78 Å². The third-order valence-electron chi connectivity index (χ3n) is 2.10. The summed E-state index contributed by atoms with van der Waals surface area (Å²) in [5, 5.41) is 0.527. The highest BCUT2D eigenvalue weighted by Crippen LogP contribution is 2.36. The number of halogens is 1. The molecule has 3 nitrogen and oxygen atoms in total. The van der Waals surface area contributed by atoms with Gasteiger partial charge in [0.25, 0.3) is 0 Å². The molecule has 0 unspecified atom stereocenters. The molecule has 0 aliphatic carbocycles. The third-order valence-corrected chi connectivity index (χ3v) is 2.46. The molecule has 4 heteroatoms. The van der Waals surface area contributed by atoms with E-state index in [0.717, 1.165) is 0 Å². The van der Waals surface area contributed by atoms with E-state index < -0.39 is 0 Å². The number of benzene rings is 1. The van der Waals surface area contributed by atoms with Gasteiger partial charge in [0.2, 0.25) is 0 Å². The summed E-state index contributed by atoms with van der Waals surface area (Å²) in [4.78, 5) is 11.2. The first-order valence-electron chi connectivity index (χ1n) is 5.07. The molecule has 0 atom stereocenters. The number of methoxy groups -OCH3 is 1. The number of carbonyl (C=O) groups excluding carboxylic acids is 1. The van der Waals surface area contributed by atoms with Crippen LogP contribution in [0.2, 0.25) is 5.02 Å². The number of hydrogen-bond donors (Lipinski definition) is 0. The summed E-state index contributed by atoms with van der Waals surface area (Å²) < 4.78 is 10.7. The van der Waals surface area contributed by atoms with Gasteiger partial charge in [-0.05, 0) is 26.0 Å². The molecule has 0 aliphatic rings. The molecular formula is C12H15ClO3. The number of ether oxygens (including phenoxy) is 2. The molecule has 1 aromatic rings. The fourth-order valence-corrected chi connectivity index (χ4v) is 1.67. The van der Waals surface area contributed by atoms with Crippen LogP contribution in [-0.2, 0) is 11.2 Å². The summed E-state index contributed by atoms with van der Waals surface area (Å²) in [6.07, 6.45) is 0.255. The minimum atomic E-state index is 0.0381. The Hall–Kier alpha value is -1.22. The Kier molecular flexibility index (Phi) is 4.62. The van der Waals surface area contributed by atoms with Crippen LogP contribution in [0.15, 0.2) is 12.1 Å². The Morgan fingerprint density at radius 1 is 1.44 bits per heavy atom. The zero-order valence-corrected chi connectivity index (χ0v) is 10.4. The van der Waals surface area contributed by atoms with Gasteiger partial charge in [-0.3, -0.25) is 4.79 Å². The summed E-state index contributed by atoms with van der Waals surface area (Å²) >= 11 is 6.05. The maximum Gasteiger partial charge on any atom is 0.166 e. The molecule has 88 valence electrons. The molecular weight excluding hydrogens is 228 g/mol. The highest BCUT2D eigenvalue weighted by Gasteiger charge is 2.15. The van der Waals surface area contributed by atoms with Crippen LogP contribution in [0.4, 0.5) is 0 Å². The van der Waals surface area contributed by atoms with Gasteiger partial charge in [0.05, 0.1) is 13.7 Å². The second kappa shape index (κ2) is 5.75. The Balaban J connectivity index is 3.23. The van der Waals surface area contributed by atoms with Crippen LogP contribution in [0, 0.1) is 0 Å². The van der Waals surface area contributed by atoms with Crippen molar-refractivity contribution >= 4 is 17.4 Å². The van der Waals surface area contributed by atoms with E-state index in [0.29, 0.717) is 28.7 Å². The van der Waals surface area contributed by atoms with Gasteiger partial charge in [0, 0.05) is 17.0 Å². The SMILES string of the molecule is CCOc1c(OC)ccc(Cl)c1CC(C)=O. The predicted octanol–water partition coefficient (Wildman–Crippen LogP) is 2.88. The lowest BCUT2D eigenvalue weighted by atomic mass is 10.1. The summed E-state index contributed by atoms with van der Waals surface area (Å²) in [5.41, 5.74) is 0.690. The second-order valence-corrected chi connectivity index (χ2v) is 3.78. The largest absolute Gasteiger partial charge is 0.493 e. The highest BCUT2D eigenvalue weighted by atomic mass is 35.5. The standard InChI is InChI=1S/C12H15ClO3/c1-4-16-12-9(7-8(2)14)10(13)5-6-11(12)15-3/h5-6H,4,7H2,1-3H3. The summed E-state index contributed by atoms with van der Waals surface area (Å²) in [7, 11) is 1.56. The first-order valence-corrected chi connectivity index (χ1v) is 5.45. The molecule has 16 heavy (non-hydrogen) atoms. The second-order valence-electron chi connectivity index (χ2n) is 3.37. The maximum atomic E-state index is 11.2. The maximum absolute atomic E-state index is 11.2. The molecule has 1 aromatic carbocycles. The number of rotatable bonds is 5. The van der Waals surface area contributed by atoms with E-state index in [4.69, 9.17) is 21.1 Å². The van der Waals surface area contributed by atoms with Crippen molar-refractivity contribution in [2.45, 2.75) is 20.3 Å². The van der Waals surface area contributed by atoms with Crippen LogP contribution >= 0.6 is 11.6 Å². The van der Waals surface area contributed by atoms with Crippen molar-refractivity contribution < 1.29 is 14.3 Å². The van der Waals surface area contributed by atoms with Crippen LogP contribution in [0.1, 0.15) is 19.4 Å². The summed E-state index contributed by atoms with van der Waals surface area (Å²) in [6, 6.07) is 3.44. The van der Waals surface area contributed by atoms with E-state index in [-0.39, 0.29) is 12.2 Å². The van der Waals surface area contributed by atoms with Crippen LogP contribution < -0.4 is 9.47 Å². The molecule has 0 radical (unpaired) electrons. The smallest absolute Gasteiger partial charge is 0.166 e. The van der Waals surface area contributed by atoms with Crippen molar-refractivity contribution in [2.75, 3.05) is 13.7 Å². The van der Waals surface area contributed by atoms with E-state index in [9.17, 15) is 4.79 Å². The molecule has 0 spiro atoms. The molecule has 0 amide bonds. The predicted molar refractivity (Wildman–Crippen MR) is 63.6 cm³/mol. The lowest BCUT2D eigenvalue weighted by Crippen LogP contribution is -2.04. The minimum Gasteiger partial charge on any atom is -0.493 e. The minimum absolute atomic E-state index is 0.0381. The summed E-state index contributed by atoms with van der Waals surface area (Å²) in [5.74, 6) is 1.20. The van der Waals surface area contributed by atoms with Gasteiger partial charge in [-0.2, -0.15) is 0 Å². The average molecular weight is 243 g/mol. The van der Waals surface area contributed by atoms with Crippen molar-refractivity contribution in [1.29, 1.82) is 0 Å². The molecule has 0 saturated carbocycles. The number of hydrogen-bond acceptors (Lipinski definition) is 3. The van der Waals surface area contributed by atoms with Crippen molar-refractivity contribution in [1.82, 2.24) is 0 Å². The van der Waals surface area contributed by atoms with Crippen molar-refractivity contribution in [3.05, 3.63) is 22.7 Å². The van der Waals surface area contributed by atoms with Gasteiger partial charge in [-0.15, -0.1) is 0 Å². The van der Waals surface area contributed by atoms with Crippen molar-refractivity contribution in [2.24, 2.45) is 0 Å². The fraction of sp³-hybridized carbons (Fsp3) is 0.417. The molecule has 0 fully saturated rings. The van der Waals surface area contributed by atoms with Gasteiger partial charge < -0.3 is 9.47 Å². The number of carbonyl (C=O) groups is 1. The molecule has 1 rings (SSSR count). The fourth-order valence-electron chi connectivity index (χ4n) is 1.46. The topological polar surface area (TPSA) is 35.5 Å². The van der Waals surface area contributed by atoms with Gasteiger partial charge >= 0.3 is 0 Å². The van der Waals surface area contributed by atoms with E-state index in [1.165, 1.54) is 6.92 Å². The molecule has 0 aliphatic heterocycles. The normalized spacial score (nSPS) is 10.0. The van der Waals surface area contributed by atoms with Gasteiger partial charge in [0.15, 0.2) is 11.5 Å². The van der Waals surface area contributed by atoms with Crippen molar-refractivity contribution in [3.63, 3.8) is 0 Å². The van der Waals surface area contributed by atoms with Gasteiger partial charge in [-0.25, -0.2) is 0 Å². The first-order chi connectivity index (χ1) is 7.60. The molecule has 0 aromatic heterocycles. The molecule has 0 N–H and O–H groups in total. The first kappa shape index (κ1) is 12.8. The highest BCUT2D eigenvalue weighted by molar-refractivity contribution is 6.31. The Bertz CT molecular complexity index is 388. The molecule has 0 bridgehead atoms. The van der Waals surface area contributed by atoms with E-state index in [2.05, 4.69) is 0 Å². The van der Waals surface area contributed by atoms with Crippen LogP contribution in [0.3, 0.4) is 0 Å². The Morgan fingerprint density at radius 3 is 2.62 bits per heavy atom. The molecule has 0 saturated heterocycles. The van der Waals surface area contributed by atoms with Crippen LogP contribution in [0.25, 0.3) is 0 Å². The molecule has 0 heterocycles. The quantitative estimate of drug-likeness (QED) is 0.797. The zero-order valence-electron chi connectivity index (χ0n) is 9.67. The van der Waals surface area contributed by atoms with Crippen molar-refractivity contribution in [3.8, 4) is 11.5 Å². The number of Topliss-reactive ketones (excluding diaryl/α,β-unsaturated/α-hetero) is 1. The van der Waals surface area contributed by atoms with E-state index in [1.54, 1.807) is 19.2 Å². The van der Waals surface area contributed by atoms with Crippen LogP contribution in [0.5, 0.6) is 11.5 Å². The zero-order chi connectivity index (χ0) is 12.1. The van der Waals surface area contributed by atoms with E-state index in [1.807, 2.05) is 6.92 Å². The monoisotopic (exact) mass is 242 g/mol. The third kappa shape index (κ3) is 2.89. The Labute approximate surface area is 100 Å². The summed E-state index contributed by atoms with van der Waals surface area (Å²) in [6.45, 7) is 3.89. The lowest BCUT2D eigenvalue weighted by molar-refractivity contribution is -0.116.